The van der Waals surface area contributed by atoms with Gasteiger partial charge in [0.2, 0.25) is 0 Å². The fourth-order valence-corrected chi connectivity index (χ4v) is 4.12. The zero-order chi connectivity index (χ0) is 16.3. The van der Waals surface area contributed by atoms with Crippen molar-refractivity contribution in [1.29, 1.82) is 0 Å². The maximum Gasteiger partial charge on any atom is 0.0460 e. The molecule has 1 aliphatic carbocycles. The van der Waals surface area contributed by atoms with Gasteiger partial charge in [0.05, 0.1) is 0 Å². The second-order valence-electron chi connectivity index (χ2n) is 9.99. The van der Waals surface area contributed by atoms with E-state index in [1.54, 1.807) is 0 Å². The van der Waals surface area contributed by atoms with Crippen molar-refractivity contribution in [2.24, 2.45) is 16.2 Å². The minimum atomic E-state index is 0.129. The molecule has 0 N–H and O–H groups in total. The van der Waals surface area contributed by atoms with Crippen molar-refractivity contribution < 1.29 is 0 Å². The molecule has 0 aromatic carbocycles. The lowest BCUT2D eigenvalue weighted by Crippen LogP contribution is -2.47. The fraction of sp³-hybridized carbons (Fsp3) is 0.750. The first-order valence-electron chi connectivity index (χ1n) is 8.27. The molecular formula is C20H33N. The summed E-state index contributed by atoms with van der Waals surface area (Å²) in [6, 6.07) is 4.57. The Morgan fingerprint density at radius 2 is 1.33 bits per heavy atom. The maximum absolute atomic E-state index is 5.05. The highest BCUT2D eigenvalue weighted by Gasteiger charge is 2.53. The zero-order valence-corrected chi connectivity index (χ0v) is 15.5. The van der Waals surface area contributed by atoms with Crippen LogP contribution in [0.1, 0.15) is 79.3 Å². The summed E-state index contributed by atoms with van der Waals surface area (Å²) in [5.41, 5.74) is 4.98. The van der Waals surface area contributed by atoms with Crippen LogP contribution >= 0.6 is 0 Å². The Morgan fingerprint density at radius 1 is 0.810 bits per heavy atom. The van der Waals surface area contributed by atoms with Crippen LogP contribution in [0.3, 0.4) is 0 Å². The number of aromatic nitrogens is 1. The summed E-state index contributed by atoms with van der Waals surface area (Å²) >= 11 is 0. The summed E-state index contributed by atoms with van der Waals surface area (Å²) in [5.74, 6) is 0. The molecule has 0 saturated heterocycles. The van der Waals surface area contributed by atoms with E-state index >= 15 is 0 Å². The molecule has 0 saturated carbocycles. The van der Waals surface area contributed by atoms with Crippen molar-refractivity contribution in [2.75, 3.05) is 0 Å². The van der Waals surface area contributed by atoms with E-state index in [4.69, 9.17) is 4.98 Å². The van der Waals surface area contributed by atoms with Gasteiger partial charge in [0.15, 0.2) is 0 Å². The SMILES string of the molecule is CC(C)(C)c1ccc2c(n1)CC(C(C)(C)C)(C(C)(C)C)C2. The molecule has 21 heavy (non-hydrogen) atoms. The van der Waals surface area contributed by atoms with E-state index in [0.29, 0.717) is 0 Å². The lowest BCUT2D eigenvalue weighted by Gasteiger charge is -2.51. The summed E-state index contributed by atoms with van der Waals surface area (Å²) in [7, 11) is 0. The standard InChI is InChI=1S/C20H33N/c1-17(2,3)16-11-10-14-12-20(18(4,5)6,19(7,8)9)13-15(14)21-16/h10-11H,12-13H2,1-9H3. The summed E-state index contributed by atoms with van der Waals surface area (Å²) in [6.45, 7) is 21.1. The zero-order valence-electron chi connectivity index (χ0n) is 15.5. The Morgan fingerprint density at radius 3 is 1.76 bits per heavy atom. The second-order valence-corrected chi connectivity index (χ2v) is 9.99. The van der Waals surface area contributed by atoms with Gasteiger partial charge in [-0.05, 0) is 40.7 Å². The van der Waals surface area contributed by atoms with Crippen LogP contribution in [0.25, 0.3) is 0 Å². The van der Waals surface area contributed by atoms with Crippen molar-refractivity contribution in [3.8, 4) is 0 Å². The van der Waals surface area contributed by atoms with E-state index in [-0.39, 0.29) is 21.7 Å². The van der Waals surface area contributed by atoms with Gasteiger partial charge in [-0.15, -0.1) is 0 Å². The van der Waals surface area contributed by atoms with Crippen LogP contribution in [0.15, 0.2) is 12.1 Å². The van der Waals surface area contributed by atoms with Crippen molar-refractivity contribution in [3.05, 3.63) is 29.1 Å². The third kappa shape index (κ3) is 2.64. The number of rotatable bonds is 0. The van der Waals surface area contributed by atoms with E-state index < -0.39 is 0 Å². The molecule has 0 amide bonds. The van der Waals surface area contributed by atoms with E-state index in [0.717, 1.165) is 12.8 Å². The van der Waals surface area contributed by atoms with Crippen LogP contribution in [0.5, 0.6) is 0 Å². The molecule has 0 bridgehead atoms. The molecule has 118 valence electrons. The van der Waals surface area contributed by atoms with Crippen LogP contribution in [-0.4, -0.2) is 4.98 Å². The minimum Gasteiger partial charge on any atom is -0.257 e. The Bertz CT molecular complexity index is 518. The fourth-order valence-electron chi connectivity index (χ4n) is 4.12. The Labute approximate surface area is 131 Å². The summed E-state index contributed by atoms with van der Waals surface area (Å²) in [6.07, 6.45) is 2.27. The number of hydrogen-bond acceptors (Lipinski definition) is 1. The monoisotopic (exact) mass is 287 g/mol. The molecule has 1 aromatic rings. The number of pyridine rings is 1. The Kier molecular flexibility index (Phi) is 3.60. The molecule has 0 fully saturated rings. The third-order valence-corrected chi connectivity index (χ3v) is 5.67. The van der Waals surface area contributed by atoms with Gasteiger partial charge in [0.25, 0.3) is 0 Å². The van der Waals surface area contributed by atoms with Crippen LogP contribution in [-0.2, 0) is 18.3 Å². The van der Waals surface area contributed by atoms with Crippen molar-refractivity contribution in [3.63, 3.8) is 0 Å². The van der Waals surface area contributed by atoms with Crippen molar-refractivity contribution in [2.45, 2.75) is 80.6 Å². The van der Waals surface area contributed by atoms with Crippen molar-refractivity contribution in [1.82, 2.24) is 4.98 Å². The first-order chi connectivity index (χ1) is 9.28. The van der Waals surface area contributed by atoms with Gasteiger partial charge in [-0.1, -0.05) is 68.4 Å². The lowest BCUT2D eigenvalue weighted by molar-refractivity contribution is -0.0225. The van der Waals surface area contributed by atoms with Crippen LogP contribution in [0.2, 0.25) is 0 Å². The molecule has 1 aromatic heterocycles. The Balaban J connectivity index is 2.50. The van der Waals surface area contributed by atoms with Crippen LogP contribution in [0, 0.1) is 16.2 Å². The molecular weight excluding hydrogens is 254 g/mol. The molecule has 0 aliphatic heterocycles. The first kappa shape index (κ1) is 16.5. The van der Waals surface area contributed by atoms with Gasteiger partial charge >= 0.3 is 0 Å². The quantitative estimate of drug-likeness (QED) is 0.609. The molecule has 2 rings (SSSR count). The molecule has 1 heteroatoms. The Hall–Kier alpha value is -0.850. The summed E-state index contributed by atoms with van der Waals surface area (Å²) < 4.78 is 0. The maximum atomic E-state index is 5.05. The average Bonchev–Trinajstić information content (AvgIpc) is 2.65. The minimum absolute atomic E-state index is 0.129. The van der Waals surface area contributed by atoms with Gasteiger partial charge < -0.3 is 0 Å². The molecule has 1 heterocycles. The van der Waals surface area contributed by atoms with E-state index in [1.165, 1.54) is 17.0 Å². The summed E-state index contributed by atoms with van der Waals surface area (Å²) in [5, 5.41) is 0. The van der Waals surface area contributed by atoms with E-state index in [2.05, 4.69) is 74.4 Å². The smallest absolute Gasteiger partial charge is 0.0460 e. The summed E-state index contributed by atoms with van der Waals surface area (Å²) in [4.78, 5) is 5.05. The van der Waals surface area contributed by atoms with Gasteiger partial charge in [-0.2, -0.15) is 0 Å². The van der Waals surface area contributed by atoms with Gasteiger partial charge in [-0.25, -0.2) is 0 Å². The highest BCUT2D eigenvalue weighted by atomic mass is 14.8. The molecule has 0 unspecified atom stereocenters. The normalized spacial score (nSPS) is 18.7. The molecule has 1 nitrogen and oxygen atoms in total. The van der Waals surface area contributed by atoms with Crippen LogP contribution in [0.4, 0.5) is 0 Å². The first-order valence-corrected chi connectivity index (χ1v) is 8.27. The number of fused-ring (bicyclic) bond motifs is 1. The van der Waals surface area contributed by atoms with Gasteiger partial charge in [0, 0.05) is 16.8 Å². The van der Waals surface area contributed by atoms with Gasteiger partial charge in [0.1, 0.15) is 0 Å². The largest absolute Gasteiger partial charge is 0.257 e. The second kappa shape index (κ2) is 4.57. The number of hydrogen-bond donors (Lipinski definition) is 0. The van der Waals surface area contributed by atoms with Crippen LogP contribution < -0.4 is 0 Å². The number of nitrogens with zero attached hydrogens (tertiary/aromatic N) is 1. The topological polar surface area (TPSA) is 12.9 Å². The van der Waals surface area contributed by atoms with Gasteiger partial charge in [-0.3, -0.25) is 4.98 Å². The third-order valence-electron chi connectivity index (χ3n) is 5.67. The average molecular weight is 287 g/mol. The lowest BCUT2D eigenvalue weighted by atomic mass is 9.53. The molecule has 0 radical (unpaired) electrons. The highest BCUT2D eigenvalue weighted by molar-refractivity contribution is 5.34. The molecule has 0 spiro atoms. The molecule has 1 aliphatic rings. The predicted molar refractivity (Wildman–Crippen MR) is 91.7 cm³/mol. The predicted octanol–water partition coefficient (Wildman–Crippen LogP) is 5.56. The van der Waals surface area contributed by atoms with E-state index in [9.17, 15) is 0 Å². The van der Waals surface area contributed by atoms with E-state index in [1.807, 2.05) is 0 Å². The molecule has 0 atom stereocenters. The van der Waals surface area contributed by atoms with Crippen molar-refractivity contribution >= 4 is 0 Å². The highest BCUT2D eigenvalue weighted by Crippen LogP contribution is 2.58.